The number of hydrogen-bond acceptors (Lipinski definition) is 4. The van der Waals surface area contributed by atoms with Crippen molar-refractivity contribution in [3.05, 3.63) is 29.8 Å². The van der Waals surface area contributed by atoms with Gasteiger partial charge in [0.15, 0.2) is 0 Å². The normalized spacial score (nSPS) is 11.5. The van der Waals surface area contributed by atoms with Crippen molar-refractivity contribution in [1.82, 2.24) is 10.2 Å². The smallest absolute Gasteiger partial charge is 0.363 e. The first-order chi connectivity index (χ1) is 8.00. The van der Waals surface area contributed by atoms with Crippen LogP contribution in [0.3, 0.4) is 0 Å². The highest BCUT2D eigenvalue weighted by Gasteiger charge is 2.30. The molecular formula is C10H8F3N3S. The maximum Gasteiger partial charge on any atom is 0.416 e. The Labute approximate surface area is 99.3 Å². The minimum absolute atomic E-state index is 0.586. The summed E-state index contributed by atoms with van der Waals surface area (Å²) < 4.78 is 37.0. The molecule has 2 rings (SSSR count). The third-order valence-corrected chi connectivity index (χ3v) is 3.09. The number of nitrogens with zero attached hydrogens (tertiary/aromatic N) is 2. The summed E-state index contributed by atoms with van der Waals surface area (Å²) in [5.41, 5.74) is -0.0448. The summed E-state index contributed by atoms with van der Waals surface area (Å²) >= 11 is 1.28. The number of benzene rings is 1. The first-order valence-corrected chi connectivity index (χ1v) is 5.51. The molecule has 1 aromatic carbocycles. The van der Waals surface area contributed by atoms with Crippen molar-refractivity contribution in [1.29, 1.82) is 0 Å². The number of aromatic nitrogens is 2. The van der Waals surface area contributed by atoms with Gasteiger partial charge in [0.05, 0.1) is 5.56 Å². The highest BCUT2D eigenvalue weighted by Crippen LogP contribution is 2.32. The maximum atomic E-state index is 12.3. The zero-order valence-electron chi connectivity index (χ0n) is 8.75. The molecule has 0 saturated carbocycles. The molecule has 2 aromatic rings. The lowest BCUT2D eigenvalue weighted by molar-refractivity contribution is -0.137. The van der Waals surface area contributed by atoms with E-state index in [4.69, 9.17) is 0 Å². The van der Waals surface area contributed by atoms with Crippen LogP contribution in [-0.2, 0) is 6.18 Å². The van der Waals surface area contributed by atoms with Gasteiger partial charge < -0.3 is 5.32 Å². The van der Waals surface area contributed by atoms with Gasteiger partial charge in [-0.1, -0.05) is 23.5 Å². The SMILES string of the molecule is CNc1nnc(-c2ccc(C(F)(F)F)cc2)s1. The van der Waals surface area contributed by atoms with Gasteiger partial charge in [0.25, 0.3) is 0 Å². The van der Waals surface area contributed by atoms with E-state index < -0.39 is 11.7 Å². The van der Waals surface area contributed by atoms with E-state index in [1.54, 1.807) is 7.05 Å². The molecule has 1 heterocycles. The highest BCUT2D eigenvalue weighted by molar-refractivity contribution is 7.18. The van der Waals surface area contributed by atoms with Crippen LogP contribution >= 0.6 is 11.3 Å². The summed E-state index contributed by atoms with van der Waals surface area (Å²) in [6, 6.07) is 4.86. The molecule has 0 fully saturated rings. The zero-order chi connectivity index (χ0) is 12.5. The van der Waals surface area contributed by atoms with Crippen molar-refractivity contribution in [3.63, 3.8) is 0 Å². The van der Waals surface area contributed by atoms with E-state index in [2.05, 4.69) is 15.5 Å². The summed E-state index contributed by atoms with van der Waals surface area (Å²) in [6.07, 6.45) is -4.31. The molecular weight excluding hydrogens is 251 g/mol. The molecule has 0 spiro atoms. The number of nitrogens with one attached hydrogen (secondary N) is 1. The van der Waals surface area contributed by atoms with Gasteiger partial charge >= 0.3 is 6.18 Å². The quantitative estimate of drug-likeness (QED) is 0.899. The maximum absolute atomic E-state index is 12.3. The van der Waals surface area contributed by atoms with Crippen LogP contribution in [0.25, 0.3) is 10.6 Å². The first kappa shape index (κ1) is 11.8. The van der Waals surface area contributed by atoms with Gasteiger partial charge in [0, 0.05) is 12.6 Å². The molecule has 0 aliphatic heterocycles. The molecule has 3 nitrogen and oxygen atoms in total. The van der Waals surface area contributed by atoms with E-state index in [1.165, 1.54) is 23.5 Å². The fourth-order valence-corrected chi connectivity index (χ4v) is 1.95. The minimum Gasteiger partial charge on any atom is -0.363 e. The Balaban J connectivity index is 2.29. The first-order valence-electron chi connectivity index (χ1n) is 4.69. The van der Waals surface area contributed by atoms with Gasteiger partial charge in [0.1, 0.15) is 5.01 Å². The van der Waals surface area contributed by atoms with Crippen molar-refractivity contribution in [2.75, 3.05) is 12.4 Å². The molecule has 0 saturated heterocycles. The number of anilines is 1. The molecule has 0 radical (unpaired) electrons. The van der Waals surface area contributed by atoms with Crippen molar-refractivity contribution in [2.24, 2.45) is 0 Å². The molecule has 0 aliphatic carbocycles. The summed E-state index contributed by atoms with van der Waals surface area (Å²) in [4.78, 5) is 0. The number of alkyl halides is 3. The summed E-state index contributed by atoms with van der Waals surface area (Å²) in [7, 11) is 1.71. The van der Waals surface area contributed by atoms with Gasteiger partial charge in [-0.3, -0.25) is 0 Å². The fraction of sp³-hybridized carbons (Fsp3) is 0.200. The Hall–Kier alpha value is -1.63. The largest absolute Gasteiger partial charge is 0.416 e. The third kappa shape index (κ3) is 2.55. The molecule has 0 bridgehead atoms. The predicted octanol–water partition coefficient (Wildman–Crippen LogP) is 3.27. The zero-order valence-corrected chi connectivity index (χ0v) is 9.56. The van der Waals surface area contributed by atoms with Crippen LogP contribution in [0.2, 0.25) is 0 Å². The number of rotatable bonds is 2. The second kappa shape index (κ2) is 4.33. The number of halogens is 3. The average Bonchev–Trinajstić information content (AvgIpc) is 2.76. The van der Waals surface area contributed by atoms with Crippen LogP contribution < -0.4 is 5.32 Å². The summed E-state index contributed by atoms with van der Waals surface area (Å²) in [5.74, 6) is 0. The number of hydrogen-bond donors (Lipinski definition) is 1. The second-order valence-corrected chi connectivity index (χ2v) is 4.21. The molecule has 0 unspecified atom stereocenters. The van der Waals surface area contributed by atoms with E-state index in [1.807, 2.05) is 0 Å². The molecule has 1 N–H and O–H groups in total. The van der Waals surface area contributed by atoms with Gasteiger partial charge in [0.2, 0.25) is 5.13 Å². The van der Waals surface area contributed by atoms with Crippen LogP contribution in [0.5, 0.6) is 0 Å². The van der Waals surface area contributed by atoms with Crippen LogP contribution in [-0.4, -0.2) is 17.2 Å². The third-order valence-electron chi connectivity index (χ3n) is 2.10. The van der Waals surface area contributed by atoms with Crippen molar-refractivity contribution < 1.29 is 13.2 Å². The van der Waals surface area contributed by atoms with E-state index in [0.29, 0.717) is 15.7 Å². The van der Waals surface area contributed by atoms with Crippen LogP contribution in [0.4, 0.5) is 18.3 Å². The monoisotopic (exact) mass is 259 g/mol. The topological polar surface area (TPSA) is 37.8 Å². The molecule has 0 aliphatic rings. The molecule has 90 valence electrons. The van der Waals surface area contributed by atoms with E-state index >= 15 is 0 Å². The molecule has 0 amide bonds. The lowest BCUT2D eigenvalue weighted by atomic mass is 10.1. The van der Waals surface area contributed by atoms with Crippen molar-refractivity contribution in [3.8, 4) is 10.6 Å². The Morgan fingerprint density at radius 1 is 1.12 bits per heavy atom. The fourth-order valence-electron chi connectivity index (χ4n) is 1.24. The van der Waals surface area contributed by atoms with Gasteiger partial charge in [-0.15, -0.1) is 10.2 Å². The second-order valence-electron chi connectivity index (χ2n) is 3.24. The summed E-state index contributed by atoms with van der Waals surface area (Å²) in [5, 5.41) is 11.7. The Morgan fingerprint density at radius 2 is 1.76 bits per heavy atom. The Kier molecular flexibility index (Phi) is 3.01. The standard InChI is InChI=1S/C10H8F3N3S/c1-14-9-16-15-8(17-9)6-2-4-7(5-3-6)10(11,12)13/h2-5H,1H3,(H,14,16). The van der Waals surface area contributed by atoms with Crippen LogP contribution in [0.15, 0.2) is 24.3 Å². The lowest BCUT2D eigenvalue weighted by Gasteiger charge is -2.06. The highest BCUT2D eigenvalue weighted by atomic mass is 32.1. The van der Waals surface area contributed by atoms with Crippen molar-refractivity contribution in [2.45, 2.75) is 6.18 Å². The molecule has 1 aromatic heterocycles. The molecule has 17 heavy (non-hydrogen) atoms. The van der Waals surface area contributed by atoms with E-state index in [-0.39, 0.29) is 0 Å². The van der Waals surface area contributed by atoms with Crippen LogP contribution in [0.1, 0.15) is 5.56 Å². The Morgan fingerprint density at radius 3 is 2.24 bits per heavy atom. The van der Waals surface area contributed by atoms with Crippen molar-refractivity contribution >= 4 is 16.5 Å². The minimum atomic E-state index is -4.31. The average molecular weight is 259 g/mol. The van der Waals surface area contributed by atoms with Gasteiger partial charge in [-0.25, -0.2) is 0 Å². The summed E-state index contributed by atoms with van der Waals surface area (Å²) in [6.45, 7) is 0. The van der Waals surface area contributed by atoms with Gasteiger partial charge in [-0.05, 0) is 12.1 Å². The van der Waals surface area contributed by atoms with E-state index in [9.17, 15) is 13.2 Å². The molecule has 7 heteroatoms. The van der Waals surface area contributed by atoms with Crippen LogP contribution in [0, 0.1) is 0 Å². The lowest BCUT2D eigenvalue weighted by Crippen LogP contribution is -2.03. The van der Waals surface area contributed by atoms with Gasteiger partial charge in [-0.2, -0.15) is 13.2 Å². The van der Waals surface area contributed by atoms with E-state index in [0.717, 1.165) is 12.1 Å². The predicted molar refractivity (Wildman–Crippen MR) is 59.9 cm³/mol. The molecule has 0 atom stereocenters. The Bertz CT molecular complexity index is 504.